The molecule has 0 saturated heterocycles. The van der Waals surface area contributed by atoms with Crippen molar-refractivity contribution in [2.45, 2.75) is 19.4 Å². The van der Waals surface area contributed by atoms with Crippen molar-refractivity contribution in [2.24, 2.45) is 0 Å². The minimum atomic E-state index is -0.423. The Hall–Kier alpha value is -1.02. The molecule has 0 saturated carbocycles. The van der Waals surface area contributed by atoms with Gasteiger partial charge in [-0.1, -0.05) is 54.4 Å². The van der Waals surface area contributed by atoms with E-state index in [0.717, 1.165) is 16.7 Å². The minimum absolute atomic E-state index is 0.423. The highest BCUT2D eigenvalue weighted by atomic mass is 35.5. The lowest BCUT2D eigenvalue weighted by Crippen LogP contribution is -1.94. The van der Waals surface area contributed by atoms with Gasteiger partial charge in [-0.3, -0.25) is 0 Å². The Labute approximate surface area is 117 Å². The van der Waals surface area contributed by atoms with Crippen LogP contribution in [-0.4, -0.2) is 5.11 Å². The summed E-state index contributed by atoms with van der Waals surface area (Å²) in [5, 5.41) is 10.9. The second kappa shape index (κ2) is 5.75. The topological polar surface area (TPSA) is 20.2 Å². The summed E-state index contributed by atoms with van der Waals surface area (Å²) in [6, 6.07) is 13.4. The van der Waals surface area contributed by atoms with E-state index in [9.17, 15) is 5.11 Å². The molecule has 0 aliphatic rings. The van der Waals surface area contributed by atoms with Gasteiger partial charge in [0, 0.05) is 0 Å². The van der Waals surface area contributed by atoms with E-state index in [2.05, 4.69) is 0 Å². The number of halogens is 2. The van der Waals surface area contributed by atoms with E-state index in [-0.39, 0.29) is 0 Å². The largest absolute Gasteiger partial charge is 0.388 e. The van der Waals surface area contributed by atoms with E-state index >= 15 is 0 Å². The van der Waals surface area contributed by atoms with Crippen LogP contribution in [0.5, 0.6) is 0 Å². The molecule has 1 N–H and O–H groups in total. The lowest BCUT2D eigenvalue weighted by molar-refractivity contribution is 0.174. The standard InChI is InChI=1S/C15H14Cl2O/c1-2-15(18)12-5-3-4-10(8-12)11-6-7-13(16)14(17)9-11/h3-9,15,18H,2H2,1H3. The van der Waals surface area contributed by atoms with Gasteiger partial charge in [-0.2, -0.15) is 0 Å². The highest BCUT2D eigenvalue weighted by Gasteiger charge is 2.07. The normalized spacial score (nSPS) is 12.4. The van der Waals surface area contributed by atoms with Crippen LogP contribution < -0.4 is 0 Å². The maximum absolute atomic E-state index is 9.85. The summed E-state index contributed by atoms with van der Waals surface area (Å²) in [7, 11) is 0. The van der Waals surface area contributed by atoms with E-state index in [1.165, 1.54) is 0 Å². The van der Waals surface area contributed by atoms with Gasteiger partial charge in [0.2, 0.25) is 0 Å². The molecule has 0 bridgehead atoms. The van der Waals surface area contributed by atoms with Gasteiger partial charge < -0.3 is 5.11 Å². The molecule has 1 unspecified atom stereocenters. The van der Waals surface area contributed by atoms with Crippen LogP contribution in [0.15, 0.2) is 42.5 Å². The van der Waals surface area contributed by atoms with Crippen LogP contribution >= 0.6 is 23.2 Å². The van der Waals surface area contributed by atoms with Crippen molar-refractivity contribution >= 4 is 23.2 Å². The molecule has 0 aliphatic carbocycles. The molecular formula is C15H14Cl2O. The highest BCUT2D eigenvalue weighted by molar-refractivity contribution is 6.42. The van der Waals surface area contributed by atoms with E-state index < -0.39 is 6.10 Å². The quantitative estimate of drug-likeness (QED) is 0.829. The molecule has 1 atom stereocenters. The fourth-order valence-electron chi connectivity index (χ4n) is 1.84. The van der Waals surface area contributed by atoms with Crippen molar-refractivity contribution in [3.8, 4) is 11.1 Å². The fourth-order valence-corrected chi connectivity index (χ4v) is 2.13. The summed E-state index contributed by atoms with van der Waals surface area (Å²) in [5.41, 5.74) is 2.94. The molecule has 0 radical (unpaired) electrons. The number of benzene rings is 2. The highest BCUT2D eigenvalue weighted by Crippen LogP contribution is 2.30. The number of hydrogen-bond donors (Lipinski definition) is 1. The van der Waals surface area contributed by atoms with E-state index in [4.69, 9.17) is 23.2 Å². The van der Waals surface area contributed by atoms with Gasteiger partial charge >= 0.3 is 0 Å². The maximum atomic E-state index is 9.85. The Morgan fingerprint density at radius 1 is 1.00 bits per heavy atom. The first kappa shape index (κ1) is 13.4. The average Bonchev–Trinajstić information content (AvgIpc) is 2.41. The van der Waals surface area contributed by atoms with Crippen LogP contribution in [0.4, 0.5) is 0 Å². The summed E-state index contributed by atoms with van der Waals surface area (Å²) in [6.45, 7) is 1.95. The fraction of sp³-hybridized carbons (Fsp3) is 0.200. The second-order valence-electron chi connectivity index (χ2n) is 4.18. The molecule has 0 heterocycles. The molecular weight excluding hydrogens is 267 g/mol. The van der Waals surface area contributed by atoms with Gasteiger partial charge in [0.05, 0.1) is 16.1 Å². The molecule has 18 heavy (non-hydrogen) atoms. The third kappa shape index (κ3) is 2.86. The number of hydrogen-bond acceptors (Lipinski definition) is 1. The Bertz CT molecular complexity index is 552. The Morgan fingerprint density at radius 2 is 1.72 bits per heavy atom. The van der Waals surface area contributed by atoms with Gasteiger partial charge in [0.25, 0.3) is 0 Å². The second-order valence-corrected chi connectivity index (χ2v) is 4.99. The number of aliphatic hydroxyl groups excluding tert-OH is 1. The third-order valence-electron chi connectivity index (χ3n) is 2.91. The maximum Gasteiger partial charge on any atom is 0.0787 e. The van der Waals surface area contributed by atoms with E-state index in [0.29, 0.717) is 16.5 Å². The molecule has 0 aliphatic heterocycles. The van der Waals surface area contributed by atoms with Crippen molar-refractivity contribution in [3.05, 3.63) is 58.1 Å². The minimum Gasteiger partial charge on any atom is -0.388 e. The van der Waals surface area contributed by atoms with E-state index in [1.807, 2.05) is 43.3 Å². The number of aliphatic hydroxyl groups is 1. The molecule has 94 valence electrons. The molecule has 0 aromatic heterocycles. The van der Waals surface area contributed by atoms with Gasteiger partial charge in [0.1, 0.15) is 0 Å². The van der Waals surface area contributed by atoms with Crippen LogP contribution in [0.2, 0.25) is 10.0 Å². The zero-order valence-electron chi connectivity index (χ0n) is 10.0. The predicted octanol–water partition coefficient (Wildman–Crippen LogP) is 5.10. The first-order chi connectivity index (χ1) is 8.61. The molecule has 1 nitrogen and oxygen atoms in total. The smallest absolute Gasteiger partial charge is 0.0787 e. The molecule has 2 aromatic carbocycles. The first-order valence-corrected chi connectivity index (χ1v) is 6.61. The van der Waals surface area contributed by atoms with Gasteiger partial charge in [-0.05, 0) is 41.3 Å². The van der Waals surface area contributed by atoms with Crippen molar-refractivity contribution in [2.75, 3.05) is 0 Å². The van der Waals surface area contributed by atoms with Crippen molar-refractivity contribution in [3.63, 3.8) is 0 Å². The lowest BCUT2D eigenvalue weighted by atomic mass is 10.00. The Morgan fingerprint density at radius 3 is 2.39 bits per heavy atom. The first-order valence-electron chi connectivity index (χ1n) is 5.85. The zero-order valence-corrected chi connectivity index (χ0v) is 11.5. The summed E-state index contributed by atoms with van der Waals surface area (Å²) < 4.78 is 0. The Kier molecular flexibility index (Phi) is 4.28. The average molecular weight is 281 g/mol. The van der Waals surface area contributed by atoms with Crippen molar-refractivity contribution < 1.29 is 5.11 Å². The van der Waals surface area contributed by atoms with Crippen LogP contribution in [0, 0.1) is 0 Å². The number of rotatable bonds is 3. The molecule has 3 heteroatoms. The van der Waals surface area contributed by atoms with Crippen LogP contribution in [0.25, 0.3) is 11.1 Å². The zero-order chi connectivity index (χ0) is 13.1. The van der Waals surface area contributed by atoms with E-state index in [1.54, 1.807) is 6.07 Å². The van der Waals surface area contributed by atoms with Gasteiger partial charge in [-0.15, -0.1) is 0 Å². The molecule has 2 aromatic rings. The SMILES string of the molecule is CCC(O)c1cccc(-c2ccc(Cl)c(Cl)c2)c1. The third-order valence-corrected chi connectivity index (χ3v) is 3.65. The van der Waals surface area contributed by atoms with Crippen molar-refractivity contribution in [1.29, 1.82) is 0 Å². The van der Waals surface area contributed by atoms with Crippen molar-refractivity contribution in [1.82, 2.24) is 0 Å². The van der Waals surface area contributed by atoms with Crippen LogP contribution in [0.1, 0.15) is 25.0 Å². The molecule has 0 amide bonds. The molecule has 2 rings (SSSR count). The summed E-state index contributed by atoms with van der Waals surface area (Å²) in [4.78, 5) is 0. The summed E-state index contributed by atoms with van der Waals surface area (Å²) >= 11 is 11.9. The monoisotopic (exact) mass is 280 g/mol. The summed E-state index contributed by atoms with van der Waals surface area (Å²) in [5.74, 6) is 0. The van der Waals surface area contributed by atoms with Gasteiger partial charge in [0.15, 0.2) is 0 Å². The molecule has 0 fully saturated rings. The van der Waals surface area contributed by atoms with Crippen LogP contribution in [-0.2, 0) is 0 Å². The molecule has 0 spiro atoms. The Balaban J connectivity index is 2.41. The predicted molar refractivity (Wildman–Crippen MR) is 77.1 cm³/mol. The van der Waals surface area contributed by atoms with Gasteiger partial charge in [-0.25, -0.2) is 0 Å². The summed E-state index contributed by atoms with van der Waals surface area (Å²) in [6.07, 6.45) is 0.276. The lowest BCUT2D eigenvalue weighted by Gasteiger charge is -2.10. The van der Waals surface area contributed by atoms with Crippen LogP contribution in [0.3, 0.4) is 0 Å².